The molecule has 2 rings (SSSR count). The molecule has 0 saturated heterocycles. The molecule has 1 aromatic heterocycles. The SMILES string of the molecule is CCN(CC)C(=O)c1cc(Nc2nc(SC)nc(C)c2C(N)=O)ccc1F. The van der Waals surface area contributed by atoms with Gasteiger partial charge in [-0.1, -0.05) is 11.8 Å². The van der Waals surface area contributed by atoms with Gasteiger partial charge in [-0.05, 0) is 45.2 Å². The van der Waals surface area contributed by atoms with E-state index in [1.54, 1.807) is 13.2 Å². The quantitative estimate of drug-likeness (QED) is 0.556. The predicted molar refractivity (Wildman–Crippen MR) is 104 cm³/mol. The van der Waals surface area contributed by atoms with Crippen molar-refractivity contribution in [3.05, 3.63) is 40.8 Å². The molecule has 0 aliphatic heterocycles. The molecule has 9 heteroatoms. The molecule has 3 N–H and O–H groups in total. The van der Waals surface area contributed by atoms with Gasteiger partial charge in [0.05, 0.1) is 11.3 Å². The highest BCUT2D eigenvalue weighted by Crippen LogP contribution is 2.25. The van der Waals surface area contributed by atoms with E-state index in [4.69, 9.17) is 5.73 Å². The van der Waals surface area contributed by atoms with Crippen LogP contribution in [0.5, 0.6) is 0 Å². The molecule has 0 saturated carbocycles. The lowest BCUT2D eigenvalue weighted by Gasteiger charge is -2.19. The molecule has 0 aliphatic rings. The number of aryl methyl sites for hydroxylation is 1. The van der Waals surface area contributed by atoms with Crippen LogP contribution in [-0.2, 0) is 0 Å². The summed E-state index contributed by atoms with van der Waals surface area (Å²) in [6, 6.07) is 4.07. The number of thioether (sulfide) groups is 1. The Balaban J connectivity index is 2.47. The maximum Gasteiger partial charge on any atom is 0.256 e. The van der Waals surface area contributed by atoms with Crippen LogP contribution in [0, 0.1) is 12.7 Å². The largest absolute Gasteiger partial charge is 0.365 e. The number of primary amides is 1. The van der Waals surface area contributed by atoms with Crippen LogP contribution in [0.3, 0.4) is 0 Å². The highest BCUT2D eigenvalue weighted by Gasteiger charge is 2.20. The summed E-state index contributed by atoms with van der Waals surface area (Å²) in [6.07, 6.45) is 1.81. The average molecular weight is 391 g/mol. The van der Waals surface area contributed by atoms with Crippen LogP contribution in [0.1, 0.15) is 40.3 Å². The molecule has 0 fully saturated rings. The Morgan fingerprint density at radius 1 is 1.26 bits per heavy atom. The molecule has 1 aromatic carbocycles. The lowest BCUT2D eigenvalue weighted by Crippen LogP contribution is -2.31. The fraction of sp³-hybridized carbons (Fsp3) is 0.333. The number of nitrogens with one attached hydrogen (secondary N) is 1. The first-order valence-electron chi connectivity index (χ1n) is 8.40. The zero-order chi connectivity index (χ0) is 20.1. The average Bonchev–Trinajstić information content (AvgIpc) is 2.63. The molecule has 0 bridgehead atoms. The van der Waals surface area contributed by atoms with E-state index >= 15 is 0 Å². The molecular formula is C18H22FN5O2S. The molecule has 0 atom stereocenters. The zero-order valence-corrected chi connectivity index (χ0v) is 16.5. The highest BCUT2D eigenvalue weighted by molar-refractivity contribution is 7.98. The molecule has 2 amide bonds. The lowest BCUT2D eigenvalue weighted by molar-refractivity contribution is 0.0768. The molecule has 144 valence electrons. The fourth-order valence-electron chi connectivity index (χ4n) is 2.61. The second-order valence-corrected chi connectivity index (χ2v) is 6.45. The van der Waals surface area contributed by atoms with E-state index in [-0.39, 0.29) is 16.9 Å². The Morgan fingerprint density at radius 2 is 1.93 bits per heavy atom. The van der Waals surface area contributed by atoms with Crippen LogP contribution in [0.4, 0.5) is 15.9 Å². The molecule has 0 unspecified atom stereocenters. The lowest BCUT2D eigenvalue weighted by atomic mass is 10.1. The topological polar surface area (TPSA) is 101 Å². The van der Waals surface area contributed by atoms with Gasteiger partial charge in [0.1, 0.15) is 17.2 Å². The first-order valence-corrected chi connectivity index (χ1v) is 9.63. The van der Waals surface area contributed by atoms with Gasteiger partial charge in [-0.25, -0.2) is 14.4 Å². The summed E-state index contributed by atoms with van der Waals surface area (Å²) in [5, 5.41) is 3.42. The van der Waals surface area contributed by atoms with E-state index in [1.165, 1.54) is 34.9 Å². The number of benzene rings is 1. The van der Waals surface area contributed by atoms with Crippen LogP contribution < -0.4 is 11.1 Å². The van der Waals surface area contributed by atoms with Crippen molar-refractivity contribution in [1.82, 2.24) is 14.9 Å². The van der Waals surface area contributed by atoms with Crippen LogP contribution in [-0.4, -0.2) is 46.0 Å². The molecule has 2 aromatic rings. The molecule has 0 radical (unpaired) electrons. The number of amides is 2. The van der Waals surface area contributed by atoms with Gasteiger partial charge in [0.2, 0.25) is 0 Å². The fourth-order valence-corrected chi connectivity index (χ4v) is 3.02. The normalized spacial score (nSPS) is 10.6. The Labute approximate surface area is 161 Å². The first-order chi connectivity index (χ1) is 12.8. The summed E-state index contributed by atoms with van der Waals surface area (Å²) in [5.41, 5.74) is 6.40. The third-order valence-electron chi connectivity index (χ3n) is 4.01. The van der Waals surface area contributed by atoms with E-state index in [0.29, 0.717) is 29.6 Å². The van der Waals surface area contributed by atoms with E-state index < -0.39 is 17.6 Å². The summed E-state index contributed by atoms with van der Waals surface area (Å²) in [4.78, 5) is 34.3. The van der Waals surface area contributed by atoms with Crippen LogP contribution in [0.15, 0.2) is 23.4 Å². The smallest absolute Gasteiger partial charge is 0.256 e. The number of carbonyl (C=O) groups is 2. The molecule has 0 spiro atoms. The molecule has 1 heterocycles. The van der Waals surface area contributed by atoms with Gasteiger partial charge in [0.15, 0.2) is 5.16 Å². The minimum atomic E-state index is -0.677. The number of carbonyl (C=O) groups excluding carboxylic acids is 2. The van der Waals surface area contributed by atoms with Crippen molar-refractivity contribution in [1.29, 1.82) is 0 Å². The van der Waals surface area contributed by atoms with Gasteiger partial charge in [-0.3, -0.25) is 9.59 Å². The van der Waals surface area contributed by atoms with Gasteiger partial charge in [-0.15, -0.1) is 0 Å². The number of hydrogen-bond donors (Lipinski definition) is 2. The zero-order valence-electron chi connectivity index (χ0n) is 15.7. The second-order valence-electron chi connectivity index (χ2n) is 5.68. The van der Waals surface area contributed by atoms with E-state index in [1.807, 2.05) is 13.8 Å². The van der Waals surface area contributed by atoms with Gasteiger partial charge < -0.3 is 16.0 Å². The highest BCUT2D eigenvalue weighted by atomic mass is 32.2. The first kappa shape index (κ1) is 20.6. The number of anilines is 2. The van der Waals surface area contributed by atoms with Crippen molar-refractivity contribution in [3.63, 3.8) is 0 Å². The number of hydrogen-bond acceptors (Lipinski definition) is 6. The number of aromatic nitrogens is 2. The summed E-state index contributed by atoms with van der Waals surface area (Å²) < 4.78 is 14.2. The van der Waals surface area contributed by atoms with Crippen molar-refractivity contribution >= 4 is 35.1 Å². The number of halogens is 1. The van der Waals surface area contributed by atoms with Crippen molar-refractivity contribution in [2.45, 2.75) is 25.9 Å². The monoisotopic (exact) mass is 391 g/mol. The van der Waals surface area contributed by atoms with Gasteiger partial charge >= 0.3 is 0 Å². The van der Waals surface area contributed by atoms with Gasteiger partial charge in [0.25, 0.3) is 11.8 Å². The maximum absolute atomic E-state index is 14.2. The standard InChI is InChI=1S/C18H22FN5O2S/c1-5-24(6-2)17(26)12-9-11(7-8-13(12)19)22-16-14(15(20)25)10(3)21-18(23-16)27-4/h7-9H,5-6H2,1-4H3,(H2,20,25)(H,21,22,23). The Morgan fingerprint density at radius 3 is 2.48 bits per heavy atom. The van der Waals surface area contributed by atoms with E-state index in [0.717, 1.165) is 0 Å². The van der Waals surface area contributed by atoms with Crippen LogP contribution >= 0.6 is 11.8 Å². The molecule has 0 aliphatic carbocycles. The van der Waals surface area contributed by atoms with Crippen molar-refractivity contribution in [2.75, 3.05) is 24.7 Å². The molecule has 7 nitrogen and oxygen atoms in total. The van der Waals surface area contributed by atoms with Gasteiger partial charge in [0, 0.05) is 18.8 Å². The van der Waals surface area contributed by atoms with E-state index in [2.05, 4.69) is 15.3 Å². The summed E-state index contributed by atoms with van der Waals surface area (Å²) >= 11 is 1.31. The Bertz CT molecular complexity index is 871. The third-order valence-corrected chi connectivity index (χ3v) is 4.56. The maximum atomic E-state index is 14.2. The summed E-state index contributed by atoms with van der Waals surface area (Å²) in [7, 11) is 0. The third kappa shape index (κ3) is 4.54. The molecule has 27 heavy (non-hydrogen) atoms. The minimum absolute atomic E-state index is 0.0554. The Hall–Kier alpha value is -2.68. The van der Waals surface area contributed by atoms with Crippen LogP contribution in [0.25, 0.3) is 0 Å². The minimum Gasteiger partial charge on any atom is -0.365 e. The van der Waals surface area contributed by atoms with Gasteiger partial charge in [-0.2, -0.15) is 0 Å². The predicted octanol–water partition coefficient (Wildman–Crippen LogP) is 2.97. The van der Waals surface area contributed by atoms with Crippen molar-refractivity contribution in [2.24, 2.45) is 5.73 Å². The number of nitrogens with zero attached hydrogens (tertiary/aromatic N) is 3. The Kier molecular flexibility index (Phi) is 6.73. The second kappa shape index (κ2) is 8.81. The van der Waals surface area contributed by atoms with Crippen molar-refractivity contribution in [3.8, 4) is 0 Å². The summed E-state index contributed by atoms with van der Waals surface area (Å²) in [6.45, 7) is 6.26. The van der Waals surface area contributed by atoms with Crippen LogP contribution in [0.2, 0.25) is 0 Å². The van der Waals surface area contributed by atoms with Crippen molar-refractivity contribution < 1.29 is 14.0 Å². The number of nitrogens with two attached hydrogens (primary N) is 1. The number of rotatable bonds is 7. The summed E-state index contributed by atoms with van der Waals surface area (Å²) in [5.74, 6) is -1.48. The van der Waals surface area contributed by atoms with E-state index in [9.17, 15) is 14.0 Å². The molecular weight excluding hydrogens is 369 g/mol.